The summed E-state index contributed by atoms with van der Waals surface area (Å²) in [6.45, 7) is 0. The van der Waals surface area contributed by atoms with Gasteiger partial charge in [0.25, 0.3) is 0 Å². The quantitative estimate of drug-likeness (QED) is 0.893. The van der Waals surface area contributed by atoms with Crippen molar-refractivity contribution in [1.29, 1.82) is 0 Å². The molecule has 2 amide bonds. The number of rotatable bonds is 2. The van der Waals surface area contributed by atoms with Gasteiger partial charge in [0.05, 0.1) is 11.6 Å². The third-order valence-corrected chi connectivity index (χ3v) is 3.56. The Morgan fingerprint density at radius 2 is 1.78 bits per heavy atom. The first-order chi connectivity index (χ1) is 10.9. The summed E-state index contributed by atoms with van der Waals surface area (Å²) in [6, 6.07) is 6.44. The number of fused-ring (bicyclic) bond motifs is 1. The Hall–Kier alpha value is -2.83. The molecule has 0 aromatic heterocycles. The summed E-state index contributed by atoms with van der Waals surface area (Å²) in [6.07, 6.45) is -0.146. The van der Waals surface area contributed by atoms with Gasteiger partial charge in [-0.2, -0.15) is 0 Å². The number of nitrogens with one attached hydrogen (secondary N) is 2. The highest BCUT2D eigenvalue weighted by Gasteiger charge is 2.31. The van der Waals surface area contributed by atoms with Crippen molar-refractivity contribution in [3.63, 3.8) is 0 Å². The number of hydrogen-bond donors (Lipinski definition) is 2. The zero-order valence-corrected chi connectivity index (χ0v) is 11.7. The van der Waals surface area contributed by atoms with Crippen molar-refractivity contribution in [1.82, 2.24) is 0 Å². The van der Waals surface area contributed by atoms with E-state index in [1.54, 1.807) is 0 Å². The fourth-order valence-corrected chi connectivity index (χ4v) is 2.48. The molecule has 0 fully saturated rings. The molecule has 0 saturated heterocycles. The first-order valence-corrected chi connectivity index (χ1v) is 6.79. The lowest BCUT2D eigenvalue weighted by molar-refractivity contribution is -0.123. The summed E-state index contributed by atoms with van der Waals surface area (Å²) in [4.78, 5) is 24.0. The number of benzene rings is 2. The maximum atomic E-state index is 13.6. The molecule has 1 aliphatic heterocycles. The maximum Gasteiger partial charge on any atom is 0.232 e. The van der Waals surface area contributed by atoms with E-state index < -0.39 is 35.2 Å². The molecule has 1 heterocycles. The summed E-state index contributed by atoms with van der Waals surface area (Å²) >= 11 is 0. The Kier molecular flexibility index (Phi) is 3.77. The molecule has 0 spiro atoms. The molecule has 23 heavy (non-hydrogen) atoms. The van der Waals surface area contributed by atoms with Gasteiger partial charge in [-0.15, -0.1) is 0 Å². The lowest BCUT2D eigenvalue weighted by Crippen LogP contribution is -2.31. The molecule has 7 heteroatoms. The molecule has 1 aliphatic rings. The molecule has 4 nitrogen and oxygen atoms in total. The van der Waals surface area contributed by atoms with Crippen LogP contribution in [0.4, 0.5) is 24.5 Å². The third kappa shape index (κ3) is 3.03. The van der Waals surface area contributed by atoms with Crippen LogP contribution in [0, 0.1) is 17.5 Å². The number of carbonyl (C=O) groups excluding carboxylic acids is 2. The largest absolute Gasteiger partial charge is 0.326 e. The van der Waals surface area contributed by atoms with Crippen molar-refractivity contribution in [3.05, 3.63) is 59.4 Å². The number of anilines is 2. The normalized spacial score (nSPS) is 16.5. The number of halogens is 3. The van der Waals surface area contributed by atoms with E-state index in [0.717, 1.165) is 18.2 Å². The summed E-state index contributed by atoms with van der Waals surface area (Å²) in [5, 5.41) is 4.81. The molecule has 2 aromatic rings. The minimum absolute atomic E-state index is 0.146. The molecule has 1 atom stereocenters. The van der Waals surface area contributed by atoms with Crippen LogP contribution in [0.2, 0.25) is 0 Å². The van der Waals surface area contributed by atoms with Gasteiger partial charge in [0.1, 0.15) is 17.5 Å². The first kappa shape index (κ1) is 15.1. The summed E-state index contributed by atoms with van der Waals surface area (Å²) in [7, 11) is 0. The van der Waals surface area contributed by atoms with Crippen LogP contribution in [0.5, 0.6) is 0 Å². The highest BCUT2D eigenvalue weighted by molar-refractivity contribution is 6.05. The van der Waals surface area contributed by atoms with E-state index in [0.29, 0.717) is 11.6 Å². The number of hydrogen-bond acceptors (Lipinski definition) is 2. The van der Waals surface area contributed by atoms with Crippen LogP contribution in [0.1, 0.15) is 17.9 Å². The standard InChI is InChI=1S/C16H11F3N2O2/c17-8-2-4-13(12(19)5-8)21-16(23)11-7-15(22)20-14-6-9(18)1-3-10(11)14/h1-6,11H,7H2,(H,20,22)(H,21,23)/t11-/m0/s1. The van der Waals surface area contributed by atoms with Crippen LogP contribution >= 0.6 is 0 Å². The van der Waals surface area contributed by atoms with Gasteiger partial charge >= 0.3 is 0 Å². The number of amides is 2. The molecule has 2 N–H and O–H groups in total. The highest BCUT2D eigenvalue weighted by Crippen LogP contribution is 2.33. The van der Waals surface area contributed by atoms with Crippen LogP contribution in [0.15, 0.2) is 36.4 Å². The van der Waals surface area contributed by atoms with Gasteiger partial charge in [-0.1, -0.05) is 6.07 Å². The van der Waals surface area contributed by atoms with Gasteiger partial charge < -0.3 is 10.6 Å². The SMILES string of the molecule is O=C1C[C@H](C(=O)Nc2ccc(F)cc2F)c2ccc(F)cc2N1. The summed E-state index contributed by atoms with van der Waals surface area (Å²) < 4.78 is 39.8. The molecule has 118 valence electrons. The van der Waals surface area contributed by atoms with Crippen molar-refractivity contribution in [2.45, 2.75) is 12.3 Å². The molecule has 3 rings (SSSR count). The zero-order valence-electron chi connectivity index (χ0n) is 11.7. The smallest absolute Gasteiger partial charge is 0.232 e. The van der Waals surface area contributed by atoms with Gasteiger partial charge in [0.15, 0.2) is 0 Å². The predicted octanol–water partition coefficient (Wildman–Crippen LogP) is 3.17. The van der Waals surface area contributed by atoms with E-state index in [2.05, 4.69) is 10.6 Å². The Balaban J connectivity index is 1.89. The number of carbonyl (C=O) groups is 2. The van der Waals surface area contributed by atoms with Gasteiger partial charge in [-0.3, -0.25) is 9.59 Å². The van der Waals surface area contributed by atoms with Gasteiger partial charge in [0.2, 0.25) is 11.8 Å². The van der Waals surface area contributed by atoms with Crippen molar-refractivity contribution in [2.75, 3.05) is 10.6 Å². The highest BCUT2D eigenvalue weighted by atomic mass is 19.1. The van der Waals surface area contributed by atoms with E-state index in [-0.39, 0.29) is 17.8 Å². The van der Waals surface area contributed by atoms with Gasteiger partial charge in [0, 0.05) is 18.2 Å². The molecular weight excluding hydrogens is 309 g/mol. The summed E-state index contributed by atoms with van der Waals surface area (Å²) in [5.41, 5.74) is 0.457. The molecule has 0 unspecified atom stereocenters. The first-order valence-electron chi connectivity index (χ1n) is 6.79. The lowest BCUT2D eigenvalue weighted by Gasteiger charge is -2.25. The fraction of sp³-hybridized carbons (Fsp3) is 0.125. The van der Waals surface area contributed by atoms with E-state index in [9.17, 15) is 22.8 Å². The van der Waals surface area contributed by atoms with Gasteiger partial charge in [-0.05, 0) is 29.8 Å². The lowest BCUT2D eigenvalue weighted by atomic mass is 9.89. The summed E-state index contributed by atoms with van der Waals surface area (Å²) in [5.74, 6) is -4.18. The van der Waals surface area contributed by atoms with Crippen molar-refractivity contribution in [2.24, 2.45) is 0 Å². The predicted molar refractivity (Wildman–Crippen MR) is 77.4 cm³/mol. The third-order valence-electron chi connectivity index (χ3n) is 3.56. The van der Waals surface area contributed by atoms with Crippen LogP contribution in [0.3, 0.4) is 0 Å². The average Bonchev–Trinajstić information content (AvgIpc) is 2.48. The molecular formula is C16H11F3N2O2. The Morgan fingerprint density at radius 3 is 2.52 bits per heavy atom. The van der Waals surface area contributed by atoms with Crippen molar-refractivity contribution in [3.8, 4) is 0 Å². The van der Waals surface area contributed by atoms with Crippen LogP contribution in [-0.4, -0.2) is 11.8 Å². The average molecular weight is 320 g/mol. The van der Waals surface area contributed by atoms with E-state index >= 15 is 0 Å². The Morgan fingerprint density at radius 1 is 1.09 bits per heavy atom. The maximum absolute atomic E-state index is 13.6. The second-order valence-corrected chi connectivity index (χ2v) is 5.15. The van der Waals surface area contributed by atoms with Crippen LogP contribution in [0.25, 0.3) is 0 Å². The minimum Gasteiger partial charge on any atom is -0.326 e. The van der Waals surface area contributed by atoms with Gasteiger partial charge in [-0.25, -0.2) is 13.2 Å². The Bertz CT molecular complexity index is 808. The van der Waals surface area contributed by atoms with Crippen LogP contribution in [-0.2, 0) is 9.59 Å². The zero-order chi connectivity index (χ0) is 16.6. The van der Waals surface area contributed by atoms with Crippen LogP contribution < -0.4 is 10.6 Å². The molecule has 0 saturated carbocycles. The van der Waals surface area contributed by atoms with Crippen molar-refractivity contribution < 1.29 is 22.8 Å². The van der Waals surface area contributed by atoms with E-state index in [1.807, 2.05) is 0 Å². The monoisotopic (exact) mass is 320 g/mol. The van der Waals surface area contributed by atoms with E-state index in [1.165, 1.54) is 12.1 Å². The van der Waals surface area contributed by atoms with E-state index in [4.69, 9.17) is 0 Å². The topological polar surface area (TPSA) is 58.2 Å². The molecule has 0 bridgehead atoms. The second-order valence-electron chi connectivity index (χ2n) is 5.15. The fourth-order valence-electron chi connectivity index (χ4n) is 2.48. The Labute approximate surface area is 129 Å². The van der Waals surface area contributed by atoms with Crippen molar-refractivity contribution >= 4 is 23.2 Å². The molecule has 0 radical (unpaired) electrons. The molecule has 0 aliphatic carbocycles. The second kappa shape index (κ2) is 5.75. The molecule has 2 aromatic carbocycles. The minimum atomic E-state index is -0.919.